The molecule has 0 aromatic heterocycles. The minimum Gasteiger partial charge on any atom is -0.487 e. The first-order valence-electron chi connectivity index (χ1n) is 9.87. The number of para-hydroxylation sites is 1. The SMILES string of the molecule is O=C1NC(=O)N(c2ccccc2Cl)C(=O)/C1=C/c1cc(Cl)cc(Cl)c1OCc1ccc(Cl)cc1Cl. The number of halogens is 5. The second-order valence-corrected chi connectivity index (χ2v) is 9.33. The zero-order valence-electron chi connectivity index (χ0n) is 17.5. The number of urea groups is 1. The van der Waals surface area contributed by atoms with Crippen molar-refractivity contribution in [2.45, 2.75) is 6.61 Å². The van der Waals surface area contributed by atoms with Gasteiger partial charge in [0.05, 0.1) is 15.7 Å². The topological polar surface area (TPSA) is 75.7 Å². The Morgan fingerprint density at radius 1 is 0.829 bits per heavy atom. The van der Waals surface area contributed by atoms with Crippen molar-refractivity contribution < 1.29 is 19.1 Å². The number of rotatable bonds is 5. The van der Waals surface area contributed by atoms with Crippen LogP contribution in [0.25, 0.3) is 6.08 Å². The molecular weight excluding hydrogens is 558 g/mol. The fourth-order valence-electron chi connectivity index (χ4n) is 3.29. The monoisotopic (exact) mass is 568 g/mol. The lowest BCUT2D eigenvalue weighted by molar-refractivity contribution is -0.122. The number of nitrogens with one attached hydrogen (secondary N) is 1. The summed E-state index contributed by atoms with van der Waals surface area (Å²) in [5.74, 6) is -1.63. The number of hydrogen-bond acceptors (Lipinski definition) is 4. The van der Waals surface area contributed by atoms with E-state index in [-0.39, 0.29) is 44.2 Å². The minimum atomic E-state index is -0.928. The van der Waals surface area contributed by atoms with Crippen LogP contribution in [-0.4, -0.2) is 17.8 Å². The number of barbiturate groups is 1. The van der Waals surface area contributed by atoms with Gasteiger partial charge in [0.25, 0.3) is 11.8 Å². The maximum absolute atomic E-state index is 13.2. The van der Waals surface area contributed by atoms with E-state index in [2.05, 4.69) is 5.32 Å². The largest absolute Gasteiger partial charge is 0.487 e. The van der Waals surface area contributed by atoms with E-state index in [1.165, 1.54) is 30.3 Å². The van der Waals surface area contributed by atoms with Crippen molar-refractivity contribution >= 4 is 87.6 Å². The van der Waals surface area contributed by atoms with Gasteiger partial charge in [0, 0.05) is 26.2 Å². The third kappa shape index (κ3) is 5.42. The number of benzene rings is 3. The lowest BCUT2D eigenvalue weighted by atomic mass is 10.1. The van der Waals surface area contributed by atoms with E-state index in [0.717, 1.165) is 4.90 Å². The number of hydrogen-bond donors (Lipinski definition) is 1. The van der Waals surface area contributed by atoms with Gasteiger partial charge in [0.15, 0.2) is 0 Å². The van der Waals surface area contributed by atoms with Crippen molar-refractivity contribution in [3.8, 4) is 5.75 Å². The van der Waals surface area contributed by atoms with E-state index in [1.54, 1.807) is 30.3 Å². The Morgan fingerprint density at radius 3 is 2.26 bits per heavy atom. The smallest absolute Gasteiger partial charge is 0.335 e. The first-order valence-corrected chi connectivity index (χ1v) is 11.8. The highest BCUT2D eigenvalue weighted by Gasteiger charge is 2.38. The Balaban J connectivity index is 1.73. The van der Waals surface area contributed by atoms with Crippen molar-refractivity contribution in [1.29, 1.82) is 0 Å². The van der Waals surface area contributed by atoms with Crippen LogP contribution in [0, 0.1) is 0 Å². The highest BCUT2D eigenvalue weighted by atomic mass is 35.5. The average molecular weight is 571 g/mol. The molecule has 1 aliphatic heterocycles. The molecule has 4 amide bonds. The second-order valence-electron chi connectivity index (χ2n) is 7.24. The molecule has 0 bridgehead atoms. The zero-order chi connectivity index (χ0) is 25.3. The fourth-order valence-corrected chi connectivity index (χ4v) is 4.54. The van der Waals surface area contributed by atoms with Crippen molar-refractivity contribution in [2.24, 2.45) is 0 Å². The van der Waals surface area contributed by atoms with E-state index < -0.39 is 17.8 Å². The second kappa shape index (κ2) is 10.5. The van der Waals surface area contributed by atoms with Crippen molar-refractivity contribution in [3.05, 3.63) is 96.4 Å². The van der Waals surface area contributed by atoms with Crippen LogP contribution in [0.3, 0.4) is 0 Å². The third-order valence-electron chi connectivity index (χ3n) is 4.92. The van der Waals surface area contributed by atoms with E-state index in [0.29, 0.717) is 15.6 Å². The van der Waals surface area contributed by atoms with Crippen LogP contribution in [0.4, 0.5) is 10.5 Å². The van der Waals surface area contributed by atoms with E-state index in [9.17, 15) is 14.4 Å². The molecule has 11 heteroatoms. The minimum absolute atomic E-state index is 0.0118. The summed E-state index contributed by atoms with van der Waals surface area (Å²) in [6, 6.07) is 13.2. The van der Waals surface area contributed by atoms with Crippen LogP contribution in [0.15, 0.2) is 60.2 Å². The summed E-state index contributed by atoms with van der Waals surface area (Å²) in [7, 11) is 0. The van der Waals surface area contributed by atoms with Crippen LogP contribution in [0.1, 0.15) is 11.1 Å². The number of ether oxygens (including phenoxy) is 1. The number of anilines is 1. The summed E-state index contributed by atoms with van der Waals surface area (Å²) in [5, 5.41) is 3.52. The maximum atomic E-state index is 13.2. The van der Waals surface area contributed by atoms with Gasteiger partial charge in [-0.3, -0.25) is 14.9 Å². The summed E-state index contributed by atoms with van der Waals surface area (Å²) >= 11 is 30.9. The number of nitrogens with zero attached hydrogens (tertiary/aromatic N) is 1. The Morgan fingerprint density at radius 2 is 1.54 bits per heavy atom. The molecule has 0 aliphatic carbocycles. The van der Waals surface area contributed by atoms with Gasteiger partial charge in [-0.05, 0) is 42.5 Å². The lowest BCUT2D eigenvalue weighted by Crippen LogP contribution is -2.54. The number of carbonyl (C=O) groups excluding carboxylic acids is 3. The molecule has 3 aromatic carbocycles. The first-order chi connectivity index (χ1) is 16.7. The molecule has 0 atom stereocenters. The van der Waals surface area contributed by atoms with E-state index in [4.69, 9.17) is 62.7 Å². The molecular formula is C24H13Cl5N2O4. The van der Waals surface area contributed by atoms with E-state index >= 15 is 0 Å². The number of carbonyl (C=O) groups is 3. The predicted octanol–water partition coefficient (Wildman–Crippen LogP) is 7.20. The Labute approximate surface area is 224 Å². The van der Waals surface area contributed by atoms with Crippen LogP contribution >= 0.6 is 58.0 Å². The van der Waals surface area contributed by atoms with Gasteiger partial charge < -0.3 is 4.74 Å². The first kappa shape index (κ1) is 25.4. The van der Waals surface area contributed by atoms with Crippen LogP contribution in [0.2, 0.25) is 25.1 Å². The number of imide groups is 2. The zero-order valence-corrected chi connectivity index (χ0v) is 21.2. The van der Waals surface area contributed by atoms with Crippen LogP contribution in [0.5, 0.6) is 5.75 Å². The molecule has 0 saturated carbocycles. The Kier molecular flexibility index (Phi) is 7.59. The molecule has 1 aliphatic rings. The summed E-state index contributed by atoms with van der Waals surface area (Å²) in [6.45, 7) is 0.0118. The molecule has 0 radical (unpaired) electrons. The molecule has 35 heavy (non-hydrogen) atoms. The fraction of sp³-hybridized carbons (Fsp3) is 0.0417. The molecule has 178 valence electrons. The summed E-state index contributed by atoms with van der Waals surface area (Å²) < 4.78 is 5.89. The predicted molar refractivity (Wildman–Crippen MR) is 138 cm³/mol. The summed E-state index contributed by atoms with van der Waals surface area (Å²) in [4.78, 5) is 39.1. The molecule has 1 heterocycles. The van der Waals surface area contributed by atoms with Gasteiger partial charge in [0.2, 0.25) is 0 Å². The summed E-state index contributed by atoms with van der Waals surface area (Å²) in [5.41, 5.74) is 0.632. The molecule has 3 aromatic rings. The van der Waals surface area contributed by atoms with Gasteiger partial charge in [0.1, 0.15) is 17.9 Å². The molecule has 4 rings (SSSR count). The molecule has 1 fully saturated rings. The normalized spacial score (nSPS) is 14.9. The van der Waals surface area contributed by atoms with Crippen molar-refractivity contribution in [2.75, 3.05) is 4.90 Å². The molecule has 0 unspecified atom stereocenters. The molecule has 6 nitrogen and oxygen atoms in total. The Bertz CT molecular complexity index is 1410. The van der Waals surface area contributed by atoms with Crippen LogP contribution < -0.4 is 15.0 Å². The van der Waals surface area contributed by atoms with Gasteiger partial charge in [-0.1, -0.05) is 76.2 Å². The van der Waals surface area contributed by atoms with Crippen molar-refractivity contribution in [1.82, 2.24) is 5.32 Å². The highest BCUT2D eigenvalue weighted by Crippen LogP contribution is 2.36. The summed E-state index contributed by atoms with van der Waals surface area (Å²) in [6.07, 6.45) is 1.24. The average Bonchev–Trinajstić information content (AvgIpc) is 2.78. The van der Waals surface area contributed by atoms with Crippen molar-refractivity contribution in [3.63, 3.8) is 0 Å². The highest BCUT2D eigenvalue weighted by molar-refractivity contribution is 6.42. The third-order valence-corrected chi connectivity index (χ3v) is 6.32. The van der Waals surface area contributed by atoms with Gasteiger partial charge >= 0.3 is 6.03 Å². The van der Waals surface area contributed by atoms with Crippen LogP contribution in [-0.2, 0) is 16.2 Å². The van der Waals surface area contributed by atoms with Gasteiger partial charge in [-0.2, -0.15) is 0 Å². The quantitative estimate of drug-likeness (QED) is 0.260. The number of amides is 4. The van der Waals surface area contributed by atoms with Gasteiger partial charge in [-0.25, -0.2) is 9.69 Å². The van der Waals surface area contributed by atoms with E-state index in [1.807, 2.05) is 0 Å². The Hall–Kier alpha value is -2.74. The maximum Gasteiger partial charge on any atom is 0.335 e. The molecule has 1 N–H and O–H groups in total. The van der Waals surface area contributed by atoms with Gasteiger partial charge in [-0.15, -0.1) is 0 Å². The molecule has 1 saturated heterocycles. The molecule has 0 spiro atoms. The lowest BCUT2D eigenvalue weighted by Gasteiger charge is -2.27. The standard InChI is InChI=1S/C24H13Cl5N2O4/c25-14-6-5-12(18(28)9-14)11-35-21-13(7-15(26)10-19(21)29)8-16-22(32)30-24(34)31(23(16)33)20-4-2-1-3-17(20)27/h1-10H,11H2,(H,30,32,34)/b16-8+.